The summed E-state index contributed by atoms with van der Waals surface area (Å²) in [6.45, 7) is 5.64. The number of hydrogen-bond donors (Lipinski definition) is 1. The Bertz CT molecular complexity index is 1180. The van der Waals surface area contributed by atoms with Crippen LogP contribution in [0.25, 0.3) is 0 Å². The predicted molar refractivity (Wildman–Crippen MR) is 134 cm³/mol. The summed E-state index contributed by atoms with van der Waals surface area (Å²) in [5.41, 5.74) is 1.47. The summed E-state index contributed by atoms with van der Waals surface area (Å²) in [5, 5.41) is 4.96. The molecule has 2 aromatic rings. The number of benzene rings is 2. The van der Waals surface area contributed by atoms with Crippen LogP contribution in [0.4, 0.5) is 4.39 Å². The summed E-state index contributed by atoms with van der Waals surface area (Å²) in [5.74, 6) is -1.46. The first kappa shape index (κ1) is 27.3. The molecule has 0 aromatic heterocycles. The number of primary sulfonamides is 1. The molecule has 0 aliphatic carbocycles. The van der Waals surface area contributed by atoms with Crippen LogP contribution in [-0.2, 0) is 32.6 Å². The minimum absolute atomic E-state index is 0.0523. The van der Waals surface area contributed by atoms with E-state index in [0.29, 0.717) is 35.4 Å². The number of amides is 1. The number of nitrogens with two attached hydrogens (primary N) is 1. The third kappa shape index (κ3) is 8.09. The monoisotopic (exact) mass is 569 g/mol. The second kappa shape index (κ2) is 11.6. The number of piperazine rings is 1. The molecule has 1 aliphatic heterocycles. The van der Waals surface area contributed by atoms with E-state index in [4.69, 9.17) is 9.88 Å². The molecule has 1 aliphatic rings. The van der Waals surface area contributed by atoms with Gasteiger partial charge in [-0.1, -0.05) is 28.1 Å². The molecular weight excluding hydrogens is 541 g/mol. The van der Waals surface area contributed by atoms with E-state index in [0.717, 1.165) is 5.56 Å². The van der Waals surface area contributed by atoms with E-state index >= 15 is 0 Å². The summed E-state index contributed by atoms with van der Waals surface area (Å²) in [7, 11) is -3.93. The molecule has 0 radical (unpaired) electrons. The molecule has 1 amide bonds. The molecular formula is C24H29BrFN3O5S. The van der Waals surface area contributed by atoms with Crippen molar-refractivity contribution in [3.63, 3.8) is 0 Å². The highest BCUT2D eigenvalue weighted by atomic mass is 79.9. The van der Waals surface area contributed by atoms with Crippen LogP contribution in [0, 0.1) is 5.82 Å². The molecule has 0 spiro atoms. The van der Waals surface area contributed by atoms with Gasteiger partial charge in [0.05, 0.1) is 0 Å². The zero-order valence-electron chi connectivity index (χ0n) is 19.6. The van der Waals surface area contributed by atoms with Crippen molar-refractivity contribution in [2.45, 2.75) is 38.9 Å². The SMILES string of the molecule is C[C@@H]1CN(Cc2ccc(F)cc2)[C@@H](C)CN1C(=O)COc1ccc(Br)cc1CC(=O)CS(N)(=O)=O. The van der Waals surface area contributed by atoms with Crippen LogP contribution in [0.2, 0.25) is 0 Å². The van der Waals surface area contributed by atoms with E-state index in [9.17, 15) is 22.4 Å². The van der Waals surface area contributed by atoms with Crippen molar-refractivity contribution in [3.05, 3.63) is 63.9 Å². The topological polar surface area (TPSA) is 110 Å². The maximum absolute atomic E-state index is 13.2. The molecule has 190 valence electrons. The Hall–Kier alpha value is -2.34. The van der Waals surface area contributed by atoms with E-state index in [1.165, 1.54) is 12.1 Å². The number of ketones is 1. The van der Waals surface area contributed by atoms with Gasteiger partial charge < -0.3 is 9.64 Å². The quantitative estimate of drug-likeness (QED) is 0.496. The number of carbonyl (C=O) groups excluding carboxylic acids is 2. The van der Waals surface area contributed by atoms with E-state index in [1.54, 1.807) is 35.2 Å². The average molecular weight is 570 g/mol. The lowest BCUT2D eigenvalue weighted by Gasteiger charge is -2.44. The molecule has 2 aromatic carbocycles. The van der Waals surface area contributed by atoms with Gasteiger partial charge in [0.15, 0.2) is 12.4 Å². The van der Waals surface area contributed by atoms with Crippen LogP contribution in [0.5, 0.6) is 5.75 Å². The van der Waals surface area contributed by atoms with Gasteiger partial charge in [0, 0.05) is 48.2 Å². The number of Topliss-reactive ketones (excluding diaryl/α,β-unsaturated/α-hetero) is 1. The number of sulfonamides is 1. The van der Waals surface area contributed by atoms with E-state index in [1.807, 2.05) is 13.8 Å². The minimum Gasteiger partial charge on any atom is -0.483 e. The van der Waals surface area contributed by atoms with Crippen molar-refractivity contribution in [2.24, 2.45) is 5.14 Å². The predicted octanol–water partition coefficient (Wildman–Crippen LogP) is 2.49. The van der Waals surface area contributed by atoms with Gasteiger partial charge in [-0.05, 0) is 49.7 Å². The van der Waals surface area contributed by atoms with Crippen molar-refractivity contribution in [3.8, 4) is 5.75 Å². The number of rotatable bonds is 9. The van der Waals surface area contributed by atoms with Gasteiger partial charge in [0.1, 0.15) is 17.3 Å². The largest absolute Gasteiger partial charge is 0.483 e. The Morgan fingerprint density at radius 2 is 1.80 bits per heavy atom. The fourth-order valence-electron chi connectivity index (χ4n) is 4.13. The molecule has 35 heavy (non-hydrogen) atoms. The second-order valence-corrected chi connectivity index (χ2v) is 11.4. The number of halogens is 2. The lowest BCUT2D eigenvalue weighted by molar-refractivity contribution is -0.139. The molecule has 0 saturated carbocycles. The third-order valence-electron chi connectivity index (χ3n) is 5.86. The molecule has 2 N–H and O–H groups in total. The number of hydrogen-bond acceptors (Lipinski definition) is 6. The van der Waals surface area contributed by atoms with Crippen LogP contribution >= 0.6 is 15.9 Å². The Kier molecular flexibility index (Phi) is 9.03. The van der Waals surface area contributed by atoms with Crippen LogP contribution in [0.3, 0.4) is 0 Å². The Balaban J connectivity index is 1.60. The van der Waals surface area contributed by atoms with Crippen molar-refractivity contribution in [2.75, 3.05) is 25.4 Å². The maximum Gasteiger partial charge on any atom is 0.260 e. The molecule has 1 heterocycles. The van der Waals surface area contributed by atoms with Crippen molar-refractivity contribution in [1.82, 2.24) is 9.80 Å². The Morgan fingerprint density at radius 1 is 1.11 bits per heavy atom. The Morgan fingerprint density at radius 3 is 2.46 bits per heavy atom. The Labute approximate surface area is 213 Å². The average Bonchev–Trinajstić information content (AvgIpc) is 2.75. The van der Waals surface area contributed by atoms with Crippen molar-refractivity contribution >= 4 is 37.6 Å². The normalized spacial score (nSPS) is 18.9. The minimum atomic E-state index is -3.93. The fourth-order valence-corrected chi connectivity index (χ4v) is 5.09. The van der Waals surface area contributed by atoms with Gasteiger partial charge >= 0.3 is 0 Å². The zero-order chi connectivity index (χ0) is 25.8. The molecule has 3 rings (SSSR count). The van der Waals surface area contributed by atoms with Gasteiger partial charge in [-0.15, -0.1) is 0 Å². The van der Waals surface area contributed by atoms with Gasteiger partial charge in [-0.3, -0.25) is 14.5 Å². The van der Waals surface area contributed by atoms with E-state index < -0.39 is 21.6 Å². The maximum atomic E-state index is 13.2. The highest BCUT2D eigenvalue weighted by Crippen LogP contribution is 2.25. The molecule has 11 heteroatoms. The molecule has 1 saturated heterocycles. The molecule has 2 atom stereocenters. The molecule has 0 unspecified atom stereocenters. The van der Waals surface area contributed by atoms with Gasteiger partial charge in [-0.25, -0.2) is 17.9 Å². The standard InChI is InChI=1S/C24H29BrFN3O5S/c1-16-12-29(17(2)11-28(16)13-18-3-6-21(26)7-4-18)24(31)14-34-23-8-5-20(25)9-19(23)10-22(30)15-35(27,32)33/h3-9,16-17H,10-15H2,1-2H3,(H2,27,32,33)/t16-,17+/m0/s1. The summed E-state index contributed by atoms with van der Waals surface area (Å²) >= 11 is 3.33. The van der Waals surface area contributed by atoms with Crippen LogP contribution in [-0.4, -0.2) is 67.4 Å². The summed E-state index contributed by atoms with van der Waals surface area (Å²) < 4.78 is 42.1. The smallest absolute Gasteiger partial charge is 0.260 e. The van der Waals surface area contributed by atoms with Crippen molar-refractivity contribution < 1.29 is 27.1 Å². The van der Waals surface area contributed by atoms with Gasteiger partial charge in [-0.2, -0.15) is 0 Å². The lowest BCUT2D eigenvalue weighted by Crippen LogP contribution is -2.58. The van der Waals surface area contributed by atoms with Gasteiger partial charge in [0.25, 0.3) is 5.91 Å². The first-order valence-corrected chi connectivity index (χ1v) is 13.6. The third-order valence-corrected chi connectivity index (χ3v) is 7.08. The van der Waals surface area contributed by atoms with E-state index in [2.05, 4.69) is 20.8 Å². The highest BCUT2D eigenvalue weighted by Gasteiger charge is 2.32. The molecule has 8 nitrogen and oxygen atoms in total. The first-order chi connectivity index (χ1) is 16.4. The van der Waals surface area contributed by atoms with Crippen molar-refractivity contribution in [1.29, 1.82) is 0 Å². The summed E-state index contributed by atoms with van der Waals surface area (Å²) in [4.78, 5) is 29.1. The van der Waals surface area contributed by atoms with Gasteiger partial charge in [0.2, 0.25) is 10.0 Å². The molecule has 1 fully saturated rings. The molecule has 0 bridgehead atoms. The summed E-state index contributed by atoms with van der Waals surface area (Å²) in [6.07, 6.45) is -0.186. The first-order valence-electron chi connectivity index (χ1n) is 11.1. The fraction of sp³-hybridized carbons (Fsp3) is 0.417. The highest BCUT2D eigenvalue weighted by molar-refractivity contribution is 9.10. The van der Waals surface area contributed by atoms with E-state index in [-0.39, 0.29) is 36.8 Å². The zero-order valence-corrected chi connectivity index (χ0v) is 22.0. The lowest BCUT2D eigenvalue weighted by atomic mass is 10.1. The number of ether oxygens (including phenoxy) is 1. The summed E-state index contributed by atoms with van der Waals surface area (Å²) in [6, 6.07) is 11.5. The number of carbonyl (C=O) groups is 2. The number of nitrogens with zero attached hydrogens (tertiary/aromatic N) is 2. The van der Waals surface area contributed by atoms with Crippen LogP contribution < -0.4 is 9.88 Å². The van der Waals surface area contributed by atoms with Crippen LogP contribution in [0.1, 0.15) is 25.0 Å². The van der Waals surface area contributed by atoms with Crippen LogP contribution in [0.15, 0.2) is 46.9 Å². The second-order valence-electron chi connectivity index (χ2n) is 8.86.